The highest BCUT2D eigenvalue weighted by Gasteiger charge is 2.00. The van der Waals surface area contributed by atoms with Gasteiger partial charge in [0.15, 0.2) is 0 Å². The third-order valence-electron chi connectivity index (χ3n) is 1.89. The van der Waals surface area contributed by atoms with Gasteiger partial charge in [-0.1, -0.05) is 19.1 Å². The Bertz CT molecular complexity index is 375. The summed E-state index contributed by atoms with van der Waals surface area (Å²) in [5.74, 6) is -0.218. The monoisotopic (exact) mass is 333 g/mol. The molecular weight excluding hydrogens is 321 g/mol. The number of carbonyl (C=O) groups excluding carboxylic acids is 2. The Labute approximate surface area is 108 Å². The van der Waals surface area contributed by atoms with Crippen LogP contribution >= 0.6 is 22.6 Å². The number of hydrogen-bond acceptors (Lipinski definition) is 3. The van der Waals surface area contributed by atoms with Crippen molar-refractivity contribution in [2.45, 2.75) is 20.0 Å². The molecule has 1 aromatic carbocycles. The second kappa shape index (κ2) is 6.47. The maximum absolute atomic E-state index is 10.9. The fourth-order valence-corrected chi connectivity index (χ4v) is 1.38. The van der Waals surface area contributed by atoms with Crippen molar-refractivity contribution in [3.05, 3.63) is 29.8 Å². The Balaban J connectivity index is 2.51. The Hall–Kier alpha value is -1.11. The highest BCUT2D eigenvalue weighted by Crippen LogP contribution is 2.11. The van der Waals surface area contributed by atoms with Gasteiger partial charge in [-0.25, -0.2) is 0 Å². The van der Waals surface area contributed by atoms with Gasteiger partial charge in [-0.2, -0.15) is 0 Å². The lowest BCUT2D eigenvalue weighted by Gasteiger charge is -2.05. The number of benzene rings is 1. The maximum atomic E-state index is 10.9. The first-order chi connectivity index (χ1) is 7.61. The van der Waals surface area contributed by atoms with Crippen molar-refractivity contribution in [3.63, 3.8) is 0 Å². The number of amides is 1. The molecule has 0 fully saturated rings. The molecule has 1 rings (SSSR count). The van der Waals surface area contributed by atoms with Gasteiger partial charge in [-0.15, -0.1) is 0 Å². The molecule has 1 N–H and O–H groups in total. The molecule has 0 saturated heterocycles. The van der Waals surface area contributed by atoms with Crippen LogP contribution in [0.25, 0.3) is 0 Å². The van der Waals surface area contributed by atoms with Crippen molar-refractivity contribution in [2.24, 2.45) is 0 Å². The minimum Gasteiger partial charge on any atom is -0.461 e. The number of esters is 1. The maximum Gasteiger partial charge on any atom is 0.305 e. The van der Waals surface area contributed by atoms with Crippen LogP contribution in [0.4, 0.5) is 10.5 Å². The van der Waals surface area contributed by atoms with E-state index < -0.39 is 0 Å². The molecule has 0 heterocycles. The fourth-order valence-electron chi connectivity index (χ4n) is 1.06. The molecule has 0 aliphatic carbocycles. The average Bonchev–Trinajstić information content (AvgIpc) is 2.27. The van der Waals surface area contributed by atoms with Gasteiger partial charge in [0.25, 0.3) is 3.91 Å². The van der Waals surface area contributed by atoms with Crippen molar-refractivity contribution in [3.8, 4) is 0 Å². The second-order valence-corrected chi connectivity index (χ2v) is 4.09. The van der Waals surface area contributed by atoms with Crippen LogP contribution in [0.15, 0.2) is 24.3 Å². The first-order valence-electron chi connectivity index (χ1n) is 4.83. The van der Waals surface area contributed by atoms with Gasteiger partial charge >= 0.3 is 5.97 Å². The first kappa shape index (κ1) is 13.0. The van der Waals surface area contributed by atoms with E-state index in [-0.39, 0.29) is 16.5 Å². The lowest BCUT2D eigenvalue weighted by Crippen LogP contribution is -2.03. The Morgan fingerprint density at radius 3 is 2.44 bits per heavy atom. The lowest BCUT2D eigenvalue weighted by atomic mass is 10.2. The molecule has 0 atom stereocenters. The van der Waals surface area contributed by atoms with Crippen LogP contribution in [0.1, 0.15) is 18.9 Å². The minimum atomic E-state index is -0.218. The highest BCUT2D eigenvalue weighted by atomic mass is 127. The Morgan fingerprint density at radius 2 is 1.94 bits per heavy atom. The quantitative estimate of drug-likeness (QED) is 0.399. The highest BCUT2D eigenvalue weighted by molar-refractivity contribution is 14.1. The summed E-state index contributed by atoms with van der Waals surface area (Å²) in [4.78, 5) is 21.7. The molecule has 0 radical (unpaired) electrons. The van der Waals surface area contributed by atoms with E-state index in [2.05, 4.69) is 5.32 Å². The standard InChI is InChI=1S/C11H12INO3/c1-2-10(14)16-7-8-3-5-9(6-4-8)13-11(12)15/h3-6H,2,7H2,1H3,(H,13,15). The zero-order chi connectivity index (χ0) is 12.0. The molecule has 1 aromatic rings. The topological polar surface area (TPSA) is 55.4 Å². The van der Waals surface area contributed by atoms with E-state index in [1.165, 1.54) is 0 Å². The molecule has 0 spiro atoms. The zero-order valence-electron chi connectivity index (χ0n) is 8.83. The number of hydrogen-bond donors (Lipinski definition) is 1. The van der Waals surface area contributed by atoms with Gasteiger partial charge in [0.2, 0.25) is 0 Å². The van der Waals surface area contributed by atoms with Crippen LogP contribution in [-0.2, 0) is 16.1 Å². The van der Waals surface area contributed by atoms with Gasteiger partial charge in [-0.3, -0.25) is 9.59 Å². The van der Waals surface area contributed by atoms with Crippen molar-refractivity contribution < 1.29 is 14.3 Å². The van der Waals surface area contributed by atoms with E-state index in [0.29, 0.717) is 6.42 Å². The van der Waals surface area contributed by atoms with Crippen LogP contribution < -0.4 is 5.32 Å². The van der Waals surface area contributed by atoms with Crippen LogP contribution in [-0.4, -0.2) is 9.88 Å². The third kappa shape index (κ3) is 4.61. The lowest BCUT2D eigenvalue weighted by molar-refractivity contribution is -0.144. The van der Waals surface area contributed by atoms with Crippen molar-refractivity contribution >= 4 is 38.2 Å². The molecule has 0 bridgehead atoms. The summed E-state index contributed by atoms with van der Waals surface area (Å²) in [6.07, 6.45) is 0.378. The molecule has 4 nitrogen and oxygen atoms in total. The Morgan fingerprint density at radius 1 is 1.31 bits per heavy atom. The molecule has 0 saturated carbocycles. The average molecular weight is 333 g/mol. The molecule has 0 aromatic heterocycles. The number of halogens is 1. The SMILES string of the molecule is CCC(=O)OCc1ccc(NC(=O)I)cc1. The van der Waals surface area contributed by atoms with Gasteiger partial charge in [0, 0.05) is 34.7 Å². The summed E-state index contributed by atoms with van der Waals surface area (Å²) >= 11 is 1.67. The predicted octanol–water partition coefficient (Wildman–Crippen LogP) is 3.11. The summed E-state index contributed by atoms with van der Waals surface area (Å²) < 4.78 is 4.83. The number of rotatable bonds is 4. The largest absolute Gasteiger partial charge is 0.461 e. The summed E-state index contributed by atoms with van der Waals surface area (Å²) in [5.41, 5.74) is 1.62. The summed E-state index contributed by atoms with van der Waals surface area (Å²) in [6.45, 7) is 2.02. The van der Waals surface area contributed by atoms with E-state index in [4.69, 9.17) is 4.74 Å². The van der Waals surface area contributed by atoms with Gasteiger partial charge in [-0.05, 0) is 17.7 Å². The second-order valence-electron chi connectivity index (χ2n) is 3.11. The van der Waals surface area contributed by atoms with Crippen molar-refractivity contribution in [2.75, 3.05) is 5.32 Å². The summed E-state index contributed by atoms with van der Waals surface area (Å²) in [6, 6.07) is 7.16. The van der Waals surface area contributed by atoms with E-state index in [1.807, 2.05) is 12.1 Å². The van der Waals surface area contributed by atoms with Crippen LogP contribution in [0, 0.1) is 0 Å². The summed E-state index contributed by atoms with van der Waals surface area (Å²) in [5, 5.41) is 2.65. The number of nitrogens with one attached hydrogen (secondary N) is 1. The first-order valence-corrected chi connectivity index (χ1v) is 5.90. The van der Waals surface area contributed by atoms with Crippen molar-refractivity contribution in [1.82, 2.24) is 0 Å². The van der Waals surface area contributed by atoms with Gasteiger partial charge in [0.05, 0.1) is 0 Å². The number of ether oxygens (including phenoxy) is 1. The third-order valence-corrected chi connectivity index (χ3v) is 2.15. The zero-order valence-corrected chi connectivity index (χ0v) is 11.0. The molecule has 1 amide bonds. The normalized spacial score (nSPS) is 9.62. The van der Waals surface area contributed by atoms with Crippen LogP contribution in [0.3, 0.4) is 0 Å². The van der Waals surface area contributed by atoms with Crippen LogP contribution in [0.5, 0.6) is 0 Å². The molecule has 86 valence electrons. The number of carbonyl (C=O) groups is 2. The van der Waals surface area contributed by atoms with E-state index in [9.17, 15) is 9.59 Å². The van der Waals surface area contributed by atoms with Gasteiger partial charge < -0.3 is 10.1 Å². The minimum absolute atomic E-state index is 0.136. The van der Waals surface area contributed by atoms with Gasteiger partial charge in [0.1, 0.15) is 6.61 Å². The smallest absolute Gasteiger partial charge is 0.305 e. The molecule has 0 unspecified atom stereocenters. The van der Waals surface area contributed by atoms with E-state index >= 15 is 0 Å². The van der Waals surface area contributed by atoms with Crippen LogP contribution in [0.2, 0.25) is 0 Å². The molecule has 16 heavy (non-hydrogen) atoms. The molecular formula is C11H12INO3. The molecule has 0 aliphatic heterocycles. The summed E-state index contributed by atoms with van der Waals surface area (Å²) in [7, 11) is 0. The molecule has 5 heteroatoms. The fraction of sp³-hybridized carbons (Fsp3) is 0.273. The van der Waals surface area contributed by atoms with E-state index in [0.717, 1.165) is 11.3 Å². The molecule has 0 aliphatic rings. The number of anilines is 1. The van der Waals surface area contributed by atoms with Crippen molar-refractivity contribution in [1.29, 1.82) is 0 Å². The Kier molecular flexibility index (Phi) is 5.24. The van der Waals surface area contributed by atoms with E-state index in [1.54, 1.807) is 41.6 Å². The predicted molar refractivity (Wildman–Crippen MR) is 69.6 cm³/mol.